The second-order valence-corrected chi connectivity index (χ2v) is 10.5. The molecule has 0 saturated carbocycles. The number of piperazine rings is 1. The molecule has 28 heavy (non-hydrogen) atoms. The van der Waals surface area contributed by atoms with Gasteiger partial charge < -0.3 is 4.52 Å². The summed E-state index contributed by atoms with van der Waals surface area (Å²) in [7, 11) is -3.48. The van der Waals surface area contributed by atoms with E-state index in [1.807, 2.05) is 47.6 Å². The molecule has 1 fully saturated rings. The van der Waals surface area contributed by atoms with E-state index >= 15 is 0 Å². The van der Waals surface area contributed by atoms with Crippen molar-refractivity contribution in [1.29, 1.82) is 0 Å². The summed E-state index contributed by atoms with van der Waals surface area (Å²) >= 11 is 0. The molecule has 154 valence electrons. The molecule has 2 aromatic rings. The zero-order chi connectivity index (χ0) is 20.7. The van der Waals surface area contributed by atoms with Crippen molar-refractivity contribution in [2.24, 2.45) is 0 Å². The highest BCUT2D eigenvalue weighted by Gasteiger charge is 2.32. The predicted octanol–water partition coefficient (Wildman–Crippen LogP) is 3.05. The summed E-state index contributed by atoms with van der Waals surface area (Å²) in [5.41, 5.74) is 1.91. The van der Waals surface area contributed by atoms with Crippen LogP contribution in [0.3, 0.4) is 0 Å². The fourth-order valence-corrected chi connectivity index (χ4v) is 4.73. The number of aryl methyl sites for hydroxylation is 2. The van der Waals surface area contributed by atoms with E-state index in [9.17, 15) is 8.42 Å². The van der Waals surface area contributed by atoms with Gasteiger partial charge in [-0.15, -0.1) is 0 Å². The monoisotopic (exact) mass is 406 g/mol. The van der Waals surface area contributed by atoms with Gasteiger partial charge in [0.1, 0.15) is 0 Å². The molecule has 7 nitrogen and oxygen atoms in total. The minimum atomic E-state index is -3.48. The molecule has 1 aliphatic heterocycles. The Morgan fingerprint density at radius 1 is 1.07 bits per heavy atom. The van der Waals surface area contributed by atoms with E-state index in [2.05, 4.69) is 15.0 Å². The number of sulfonamides is 1. The van der Waals surface area contributed by atoms with Gasteiger partial charge in [-0.3, -0.25) is 4.90 Å². The van der Waals surface area contributed by atoms with E-state index in [0.29, 0.717) is 42.8 Å². The van der Waals surface area contributed by atoms with Crippen LogP contribution in [-0.2, 0) is 15.4 Å². The smallest absolute Gasteiger partial charge is 0.243 e. The summed E-state index contributed by atoms with van der Waals surface area (Å²) < 4.78 is 33.0. The maximum atomic E-state index is 13.0. The van der Waals surface area contributed by atoms with E-state index in [1.165, 1.54) is 0 Å². The maximum absolute atomic E-state index is 13.0. The molecule has 1 aromatic carbocycles. The van der Waals surface area contributed by atoms with Crippen LogP contribution in [0.25, 0.3) is 0 Å². The van der Waals surface area contributed by atoms with E-state index < -0.39 is 10.0 Å². The average Bonchev–Trinajstić information content (AvgIpc) is 3.14. The van der Waals surface area contributed by atoms with Crippen LogP contribution in [-0.4, -0.2) is 53.9 Å². The summed E-state index contributed by atoms with van der Waals surface area (Å²) in [4.78, 5) is 7.09. The lowest BCUT2D eigenvalue weighted by Gasteiger charge is -2.36. The van der Waals surface area contributed by atoms with Gasteiger partial charge in [-0.05, 0) is 44.0 Å². The highest BCUT2D eigenvalue weighted by Crippen LogP contribution is 2.26. The Hall–Kier alpha value is -1.77. The summed E-state index contributed by atoms with van der Waals surface area (Å²) in [5, 5.41) is 4.09. The van der Waals surface area contributed by atoms with Crippen LogP contribution in [0.5, 0.6) is 0 Å². The number of rotatable bonds is 4. The normalized spacial score (nSPS) is 18.4. The predicted molar refractivity (Wildman–Crippen MR) is 108 cm³/mol. The van der Waals surface area contributed by atoms with Gasteiger partial charge in [0.05, 0.1) is 10.9 Å². The van der Waals surface area contributed by atoms with Gasteiger partial charge in [-0.1, -0.05) is 32.0 Å². The van der Waals surface area contributed by atoms with Crippen LogP contribution in [0, 0.1) is 13.8 Å². The quantitative estimate of drug-likeness (QED) is 0.776. The van der Waals surface area contributed by atoms with Crippen molar-refractivity contribution in [1.82, 2.24) is 19.3 Å². The molecule has 3 rings (SSSR count). The fourth-order valence-electron chi connectivity index (χ4n) is 3.22. The highest BCUT2D eigenvalue weighted by atomic mass is 32.2. The van der Waals surface area contributed by atoms with Crippen molar-refractivity contribution in [2.45, 2.75) is 57.9 Å². The van der Waals surface area contributed by atoms with E-state index in [0.717, 1.165) is 11.1 Å². The van der Waals surface area contributed by atoms with Crippen molar-refractivity contribution < 1.29 is 12.9 Å². The Morgan fingerprint density at radius 3 is 2.25 bits per heavy atom. The van der Waals surface area contributed by atoms with Crippen molar-refractivity contribution in [3.8, 4) is 0 Å². The van der Waals surface area contributed by atoms with Crippen LogP contribution < -0.4 is 0 Å². The number of hydrogen-bond acceptors (Lipinski definition) is 6. The van der Waals surface area contributed by atoms with E-state index in [4.69, 9.17) is 4.52 Å². The SMILES string of the molecule is Cc1ccc(S(=O)(=O)N2CCN(C(C)c3nc(C(C)(C)C)no3)CC2)cc1C. The molecule has 0 aliphatic carbocycles. The molecule has 1 unspecified atom stereocenters. The summed E-state index contributed by atoms with van der Waals surface area (Å²) in [6.45, 7) is 14.2. The van der Waals surface area contributed by atoms with Crippen molar-refractivity contribution in [2.75, 3.05) is 26.2 Å². The molecule has 0 radical (unpaired) electrons. The number of nitrogens with zero attached hydrogens (tertiary/aromatic N) is 4. The van der Waals surface area contributed by atoms with Gasteiger partial charge in [0.2, 0.25) is 15.9 Å². The highest BCUT2D eigenvalue weighted by molar-refractivity contribution is 7.89. The van der Waals surface area contributed by atoms with E-state index in [-0.39, 0.29) is 11.5 Å². The maximum Gasteiger partial charge on any atom is 0.243 e. The van der Waals surface area contributed by atoms with Crippen LogP contribution in [0.4, 0.5) is 0 Å². The third kappa shape index (κ3) is 4.14. The average molecular weight is 407 g/mol. The van der Waals surface area contributed by atoms with Gasteiger partial charge in [-0.2, -0.15) is 9.29 Å². The standard InChI is InChI=1S/C20H30N4O3S/c1-14-7-8-17(13-15(14)2)28(25,26)24-11-9-23(10-12-24)16(3)18-21-19(22-27-18)20(4,5)6/h7-8,13,16H,9-12H2,1-6H3. The molecule has 0 N–H and O–H groups in total. The Morgan fingerprint density at radius 2 is 1.71 bits per heavy atom. The number of hydrogen-bond donors (Lipinski definition) is 0. The molecule has 1 atom stereocenters. The minimum absolute atomic E-state index is 0.0462. The lowest BCUT2D eigenvalue weighted by atomic mass is 9.96. The Kier molecular flexibility index (Phi) is 5.67. The van der Waals surface area contributed by atoms with Crippen LogP contribution in [0.15, 0.2) is 27.6 Å². The molecule has 0 spiro atoms. The molecular weight excluding hydrogens is 376 g/mol. The molecule has 0 amide bonds. The van der Waals surface area contributed by atoms with Gasteiger partial charge >= 0.3 is 0 Å². The van der Waals surface area contributed by atoms with Gasteiger partial charge in [0.15, 0.2) is 5.82 Å². The third-order valence-corrected chi connectivity index (χ3v) is 7.30. The Bertz CT molecular complexity index is 939. The minimum Gasteiger partial charge on any atom is -0.338 e. The first kappa shape index (κ1) is 21.0. The molecular formula is C20H30N4O3S. The fraction of sp³-hybridized carbons (Fsp3) is 0.600. The molecule has 1 aromatic heterocycles. The number of aromatic nitrogens is 2. The van der Waals surface area contributed by atoms with E-state index in [1.54, 1.807) is 16.4 Å². The van der Waals surface area contributed by atoms with Crippen molar-refractivity contribution in [3.63, 3.8) is 0 Å². The largest absolute Gasteiger partial charge is 0.338 e. The van der Waals surface area contributed by atoms with Crippen molar-refractivity contribution >= 4 is 10.0 Å². The van der Waals surface area contributed by atoms with Gasteiger partial charge in [0, 0.05) is 31.6 Å². The molecule has 0 bridgehead atoms. The molecule has 2 heterocycles. The first-order valence-corrected chi connectivity index (χ1v) is 11.1. The summed E-state index contributed by atoms with van der Waals surface area (Å²) in [6, 6.07) is 5.27. The Labute approximate surface area is 167 Å². The number of benzene rings is 1. The van der Waals surface area contributed by atoms with Crippen LogP contribution >= 0.6 is 0 Å². The Balaban J connectivity index is 1.68. The topological polar surface area (TPSA) is 79.5 Å². The van der Waals surface area contributed by atoms with Crippen LogP contribution in [0.1, 0.15) is 56.6 Å². The van der Waals surface area contributed by atoms with Gasteiger partial charge in [0.25, 0.3) is 0 Å². The zero-order valence-corrected chi connectivity index (χ0v) is 18.4. The molecule has 8 heteroatoms. The lowest BCUT2D eigenvalue weighted by molar-refractivity contribution is 0.124. The third-order valence-electron chi connectivity index (χ3n) is 5.41. The zero-order valence-electron chi connectivity index (χ0n) is 17.6. The molecule has 1 saturated heterocycles. The van der Waals surface area contributed by atoms with Crippen LogP contribution in [0.2, 0.25) is 0 Å². The first-order chi connectivity index (χ1) is 13.0. The second-order valence-electron chi connectivity index (χ2n) is 8.57. The summed E-state index contributed by atoms with van der Waals surface area (Å²) in [6.07, 6.45) is 0. The second kappa shape index (κ2) is 7.57. The lowest BCUT2D eigenvalue weighted by Crippen LogP contribution is -2.49. The van der Waals surface area contributed by atoms with Crippen molar-refractivity contribution in [3.05, 3.63) is 41.0 Å². The first-order valence-electron chi connectivity index (χ1n) is 9.65. The molecule has 1 aliphatic rings. The van der Waals surface area contributed by atoms with Gasteiger partial charge in [-0.25, -0.2) is 8.42 Å². The summed E-state index contributed by atoms with van der Waals surface area (Å²) in [5.74, 6) is 1.26.